The summed E-state index contributed by atoms with van der Waals surface area (Å²) in [5.41, 5.74) is 0.381. The van der Waals surface area contributed by atoms with Crippen LogP contribution < -0.4 is 5.32 Å². The smallest absolute Gasteiger partial charge is 0.261 e. The summed E-state index contributed by atoms with van der Waals surface area (Å²) in [4.78, 5) is 31.2. The SMILES string of the molecule is CN(C#N)C(=O)C1(NC(=O)c2ccc(-c3c(Cl)cccc3Cl)nc2)CCCCCC1. The van der Waals surface area contributed by atoms with Crippen LogP contribution in [0.4, 0.5) is 0 Å². The number of nitrogens with zero attached hydrogens (tertiary/aromatic N) is 3. The van der Waals surface area contributed by atoms with Gasteiger partial charge in [0.15, 0.2) is 6.19 Å². The molecule has 0 saturated heterocycles. The summed E-state index contributed by atoms with van der Waals surface area (Å²) >= 11 is 12.5. The number of nitrogens with one attached hydrogen (secondary N) is 1. The fourth-order valence-corrected chi connectivity index (χ4v) is 4.39. The summed E-state index contributed by atoms with van der Waals surface area (Å²) in [5, 5.41) is 13.0. The highest BCUT2D eigenvalue weighted by molar-refractivity contribution is 6.39. The van der Waals surface area contributed by atoms with Gasteiger partial charge in [0.1, 0.15) is 5.54 Å². The topological polar surface area (TPSA) is 86.1 Å². The summed E-state index contributed by atoms with van der Waals surface area (Å²) in [6.07, 6.45) is 7.92. The third kappa shape index (κ3) is 4.58. The normalized spacial score (nSPS) is 15.5. The van der Waals surface area contributed by atoms with Gasteiger partial charge in [0.25, 0.3) is 11.8 Å². The van der Waals surface area contributed by atoms with E-state index in [1.54, 1.807) is 30.3 Å². The highest BCUT2D eigenvalue weighted by atomic mass is 35.5. The van der Waals surface area contributed by atoms with Crippen molar-refractivity contribution in [1.82, 2.24) is 15.2 Å². The van der Waals surface area contributed by atoms with Crippen LogP contribution in [0.2, 0.25) is 10.0 Å². The third-order valence-electron chi connectivity index (χ3n) is 5.42. The van der Waals surface area contributed by atoms with Crippen LogP contribution in [0, 0.1) is 11.5 Å². The average Bonchev–Trinajstić information content (AvgIpc) is 2.99. The number of benzene rings is 1. The summed E-state index contributed by atoms with van der Waals surface area (Å²) < 4.78 is 0. The summed E-state index contributed by atoms with van der Waals surface area (Å²) in [7, 11) is 1.42. The van der Waals surface area contributed by atoms with Crippen LogP contribution in [0.1, 0.15) is 48.9 Å². The van der Waals surface area contributed by atoms with Crippen LogP contribution in [0.3, 0.4) is 0 Å². The second kappa shape index (κ2) is 9.46. The maximum atomic E-state index is 13.0. The van der Waals surface area contributed by atoms with Gasteiger partial charge in [-0.3, -0.25) is 19.5 Å². The predicted molar refractivity (Wildman–Crippen MR) is 116 cm³/mol. The molecule has 0 aliphatic heterocycles. The Labute approximate surface area is 185 Å². The zero-order valence-corrected chi connectivity index (χ0v) is 18.1. The average molecular weight is 445 g/mol. The second-order valence-corrected chi connectivity index (χ2v) is 8.26. The molecule has 0 unspecified atom stereocenters. The number of halogens is 2. The number of aromatic nitrogens is 1. The minimum Gasteiger partial charge on any atom is -0.338 e. The molecule has 1 heterocycles. The van der Waals surface area contributed by atoms with Crippen LogP contribution in [-0.4, -0.2) is 34.3 Å². The monoisotopic (exact) mass is 444 g/mol. The molecule has 2 aromatic rings. The number of nitriles is 1. The Morgan fingerprint density at radius 2 is 1.73 bits per heavy atom. The molecule has 1 aliphatic rings. The number of pyridine rings is 1. The number of likely N-dealkylation sites (N-methyl/N-ethyl adjacent to an activating group) is 1. The van der Waals surface area contributed by atoms with E-state index < -0.39 is 11.4 Å². The molecule has 30 heavy (non-hydrogen) atoms. The van der Waals surface area contributed by atoms with E-state index in [1.807, 2.05) is 6.19 Å². The van der Waals surface area contributed by atoms with Crippen LogP contribution in [-0.2, 0) is 4.79 Å². The standard InChI is InChI=1S/C22H22Cl2N4O2/c1-28(14-25)21(30)22(11-4-2-3-5-12-22)27-20(29)15-9-10-18(26-13-15)19-16(23)7-6-8-17(19)24/h6-10,13H,2-5,11-12H2,1H3,(H,27,29). The molecule has 1 N–H and O–H groups in total. The lowest BCUT2D eigenvalue weighted by Crippen LogP contribution is -2.58. The van der Waals surface area contributed by atoms with Gasteiger partial charge in [0.05, 0.1) is 21.3 Å². The Bertz CT molecular complexity index is 957. The molecule has 6 nitrogen and oxygen atoms in total. The first-order valence-corrected chi connectivity index (χ1v) is 10.5. The van der Waals surface area contributed by atoms with Crippen molar-refractivity contribution in [2.24, 2.45) is 0 Å². The number of hydrogen-bond donors (Lipinski definition) is 1. The number of carbonyl (C=O) groups is 2. The van der Waals surface area contributed by atoms with E-state index in [-0.39, 0.29) is 5.91 Å². The molecule has 1 aromatic carbocycles. The molecule has 0 atom stereocenters. The van der Waals surface area contributed by atoms with Crippen LogP contribution in [0.5, 0.6) is 0 Å². The van der Waals surface area contributed by atoms with Gasteiger partial charge in [-0.15, -0.1) is 0 Å². The Balaban J connectivity index is 1.86. The van der Waals surface area contributed by atoms with E-state index in [0.717, 1.165) is 30.6 Å². The minimum absolute atomic E-state index is 0.318. The Kier molecular flexibility index (Phi) is 6.96. The number of hydrogen-bond acceptors (Lipinski definition) is 4. The van der Waals surface area contributed by atoms with Crippen LogP contribution in [0.15, 0.2) is 36.5 Å². The van der Waals surface area contributed by atoms with Crippen molar-refractivity contribution in [2.45, 2.75) is 44.1 Å². The zero-order chi connectivity index (χ0) is 21.7. The van der Waals surface area contributed by atoms with E-state index in [9.17, 15) is 9.59 Å². The number of carbonyl (C=O) groups excluding carboxylic acids is 2. The second-order valence-electron chi connectivity index (χ2n) is 7.44. The quantitative estimate of drug-likeness (QED) is 0.416. The predicted octanol–water partition coefficient (Wildman–Crippen LogP) is 4.82. The molecule has 1 aliphatic carbocycles. The molecule has 0 bridgehead atoms. The van der Waals surface area contributed by atoms with Crippen molar-refractivity contribution < 1.29 is 9.59 Å². The molecule has 1 fully saturated rings. The molecule has 1 aromatic heterocycles. The summed E-state index contributed by atoms with van der Waals surface area (Å²) in [6, 6.07) is 8.49. The van der Waals surface area contributed by atoms with Gasteiger partial charge in [-0.2, -0.15) is 5.26 Å². The first kappa shape index (κ1) is 22.1. The summed E-state index contributed by atoms with van der Waals surface area (Å²) in [6.45, 7) is 0. The van der Waals surface area contributed by atoms with Crippen molar-refractivity contribution in [2.75, 3.05) is 7.05 Å². The lowest BCUT2D eigenvalue weighted by atomic mass is 9.88. The van der Waals surface area contributed by atoms with Gasteiger partial charge in [-0.25, -0.2) is 0 Å². The Hall–Kier alpha value is -2.62. The number of rotatable bonds is 4. The van der Waals surface area contributed by atoms with Crippen molar-refractivity contribution in [3.05, 3.63) is 52.1 Å². The van der Waals surface area contributed by atoms with Gasteiger partial charge < -0.3 is 5.32 Å². The first-order chi connectivity index (χ1) is 14.4. The Morgan fingerprint density at radius 3 is 2.27 bits per heavy atom. The van der Waals surface area contributed by atoms with Gasteiger partial charge >= 0.3 is 0 Å². The largest absolute Gasteiger partial charge is 0.338 e. The maximum Gasteiger partial charge on any atom is 0.261 e. The molecule has 1 saturated carbocycles. The van der Waals surface area contributed by atoms with Crippen molar-refractivity contribution in [3.8, 4) is 17.5 Å². The summed E-state index contributed by atoms with van der Waals surface area (Å²) in [5.74, 6) is -0.784. The molecule has 3 rings (SSSR count). The van der Waals surface area contributed by atoms with Crippen molar-refractivity contribution in [1.29, 1.82) is 5.26 Å². The number of amides is 2. The molecule has 156 valence electrons. The van der Waals surface area contributed by atoms with E-state index in [0.29, 0.717) is 39.7 Å². The molecular formula is C22H22Cl2N4O2. The van der Waals surface area contributed by atoms with Crippen molar-refractivity contribution in [3.63, 3.8) is 0 Å². The highest BCUT2D eigenvalue weighted by Gasteiger charge is 2.42. The minimum atomic E-state index is -1.08. The molecule has 8 heteroatoms. The van der Waals surface area contributed by atoms with Gasteiger partial charge in [0, 0.05) is 18.8 Å². The third-order valence-corrected chi connectivity index (χ3v) is 6.05. The highest BCUT2D eigenvalue weighted by Crippen LogP contribution is 2.33. The van der Waals surface area contributed by atoms with Gasteiger partial charge in [-0.1, -0.05) is 55.0 Å². The van der Waals surface area contributed by atoms with Gasteiger partial charge in [-0.05, 0) is 37.1 Å². The fraction of sp³-hybridized carbons (Fsp3) is 0.364. The molecule has 0 spiro atoms. The van der Waals surface area contributed by atoms with E-state index >= 15 is 0 Å². The van der Waals surface area contributed by atoms with E-state index in [1.165, 1.54) is 13.2 Å². The molecule has 0 radical (unpaired) electrons. The zero-order valence-electron chi connectivity index (χ0n) is 16.6. The van der Waals surface area contributed by atoms with Crippen molar-refractivity contribution >= 4 is 35.0 Å². The van der Waals surface area contributed by atoms with Gasteiger partial charge in [0.2, 0.25) is 0 Å². The van der Waals surface area contributed by atoms with E-state index in [4.69, 9.17) is 28.5 Å². The first-order valence-electron chi connectivity index (χ1n) is 9.79. The lowest BCUT2D eigenvalue weighted by molar-refractivity contribution is -0.134. The molecule has 2 amide bonds. The Morgan fingerprint density at radius 1 is 1.10 bits per heavy atom. The fourth-order valence-electron chi connectivity index (χ4n) is 3.80. The van der Waals surface area contributed by atoms with Crippen LogP contribution in [0.25, 0.3) is 11.3 Å². The van der Waals surface area contributed by atoms with E-state index in [2.05, 4.69) is 10.3 Å². The lowest BCUT2D eigenvalue weighted by Gasteiger charge is -2.33. The van der Waals surface area contributed by atoms with Crippen LogP contribution >= 0.6 is 23.2 Å². The molecular weight excluding hydrogens is 423 g/mol. The maximum absolute atomic E-state index is 13.0.